The first-order valence-corrected chi connectivity index (χ1v) is 3.38. The second-order valence-electron chi connectivity index (χ2n) is 3.45. The zero-order valence-corrected chi connectivity index (χ0v) is 10.9. The van der Waals surface area contributed by atoms with Gasteiger partial charge in [-0.25, -0.2) is 11.6 Å². The minimum absolute atomic E-state index is 0. The maximum atomic E-state index is 3.30. The molecule has 0 amide bonds. The molecule has 1 rings (SSSR count). The Kier molecular flexibility index (Phi) is 11.1. The Morgan fingerprint density at radius 3 is 1.92 bits per heavy atom. The number of rotatable bonds is 0. The summed E-state index contributed by atoms with van der Waals surface area (Å²) in [6.45, 7) is 6.64. The Bertz CT molecular complexity index is 166. The van der Waals surface area contributed by atoms with Gasteiger partial charge in [0.15, 0.2) is 0 Å². The summed E-state index contributed by atoms with van der Waals surface area (Å²) >= 11 is 0. The maximum absolute atomic E-state index is 3.30. The summed E-state index contributed by atoms with van der Waals surface area (Å²) in [5.74, 6) is 0. The SMILES string of the molecule is CC(C)(C)C1=[C-]CC=C1.Cl.Cl.[Ti]. The van der Waals surface area contributed by atoms with E-state index in [4.69, 9.17) is 0 Å². The van der Waals surface area contributed by atoms with E-state index >= 15 is 0 Å². The fraction of sp³-hybridized carbons (Fsp3) is 0.556. The molecule has 0 aromatic carbocycles. The molecule has 0 radical (unpaired) electrons. The molecule has 0 N–H and O–H groups in total. The van der Waals surface area contributed by atoms with E-state index in [0.29, 0.717) is 5.41 Å². The molecule has 0 spiro atoms. The van der Waals surface area contributed by atoms with E-state index in [0.717, 1.165) is 6.42 Å². The Labute approximate surface area is 103 Å². The van der Waals surface area contributed by atoms with Crippen molar-refractivity contribution in [2.24, 2.45) is 5.41 Å². The molecule has 12 heavy (non-hydrogen) atoms. The van der Waals surface area contributed by atoms with E-state index in [1.165, 1.54) is 5.57 Å². The van der Waals surface area contributed by atoms with Crippen LogP contribution >= 0.6 is 24.8 Å². The summed E-state index contributed by atoms with van der Waals surface area (Å²) in [6, 6.07) is 0. The minimum atomic E-state index is 0. The second kappa shape index (κ2) is 7.20. The number of allylic oxidation sites excluding steroid dienone is 4. The van der Waals surface area contributed by atoms with Crippen LogP contribution in [0.4, 0.5) is 0 Å². The third kappa shape index (κ3) is 5.43. The summed E-state index contributed by atoms with van der Waals surface area (Å²) < 4.78 is 0. The Hall–Kier alpha value is 0.774. The molecule has 0 bridgehead atoms. The van der Waals surface area contributed by atoms with E-state index in [1.807, 2.05) is 0 Å². The van der Waals surface area contributed by atoms with Gasteiger partial charge >= 0.3 is 0 Å². The average molecular weight is 242 g/mol. The van der Waals surface area contributed by atoms with Crippen molar-refractivity contribution >= 4 is 24.8 Å². The smallest absolute Gasteiger partial charge is 0 e. The Balaban J connectivity index is -0.000000270. The van der Waals surface area contributed by atoms with Crippen LogP contribution in [0.5, 0.6) is 0 Å². The first kappa shape index (κ1) is 18.5. The molecule has 0 aliphatic heterocycles. The van der Waals surface area contributed by atoms with Crippen molar-refractivity contribution in [2.45, 2.75) is 27.2 Å². The van der Waals surface area contributed by atoms with E-state index in [-0.39, 0.29) is 46.5 Å². The fourth-order valence-corrected chi connectivity index (χ4v) is 0.920. The zero-order valence-electron chi connectivity index (χ0n) is 7.68. The molecule has 0 heterocycles. The van der Waals surface area contributed by atoms with Crippen LogP contribution in [0.15, 0.2) is 17.7 Å². The van der Waals surface area contributed by atoms with Crippen LogP contribution in [-0.2, 0) is 21.7 Å². The van der Waals surface area contributed by atoms with Gasteiger partial charge in [0, 0.05) is 21.7 Å². The monoisotopic (exact) mass is 241 g/mol. The fourth-order valence-electron chi connectivity index (χ4n) is 0.920. The molecule has 0 aromatic heterocycles. The van der Waals surface area contributed by atoms with Crippen molar-refractivity contribution in [1.29, 1.82) is 0 Å². The summed E-state index contributed by atoms with van der Waals surface area (Å²) in [5.41, 5.74) is 1.65. The van der Waals surface area contributed by atoms with Crippen LogP contribution in [-0.4, -0.2) is 0 Å². The first-order chi connectivity index (χ1) is 4.11. The van der Waals surface area contributed by atoms with E-state index in [2.05, 4.69) is 39.0 Å². The van der Waals surface area contributed by atoms with Gasteiger partial charge in [-0.3, -0.25) is 6.08 Å². The van der Waals surface area contributed by atoms with Crippen LogP contribution in [0.25, 0.3) is 0 Å². The molecule has 0 fully saturated rings. The Morgan fingerprint density at radius 1 is 1.25 bits per heavy atom. The third-order valence-electron chi connectivity index (χ3n) is 1.50. The van der Waals surface area contributed by atoms with Gasteiger partial charge in [0.1, 0.15) is 0 Å². The summed E-state index contributed by atoms with van der Waals surface area (Å²) in [5, 5.41) is 0. The minimum Gasteiger partial charge on any atom is -0.269 e. The maximum Gasteiger partial charge on any atom is 0 e. The summed E-state index contributed by atoms with van der Waals surface area (Å²) in [4.78, 5) is 0. The van der Waals surface area contributed by atoms with E-state index < -0.39 is 0 Å². The molecule has 1 aliphatic carbocycles. The Morgan fingerprint density at radius 2 is 1.75 bits per heavy atom. The van der Waals surface area contributed by atoms with Gasteiger partial charge in [0.25, 0.3) is 0 Å². The summed E-state index contributed by atoms with van der Waals surface area (Å²) in [6.07, 6.45) is 8.63. The van der Waals surface area contributed by atoms with Crippen molar-refractivity contribution in [1.82, 2.24) is 0 Å². The van der Waals surface area contributed by atoms with Crippen molar-refractivity contribution in [2.75, 3.05) is 0 Å². The molecule has 0 nitrogen and oxygen atoms in total. The number of hydrogen-bond donors (Lipinski definition) is 0. The van der Waals surface area contributed by atoms with E-state index in [9.17, 15) is 0 Å². The van der Waals surface area contributed by atoms with Gasteiger partial charge in [-0.15, -0.1) is 31.2 Å². The topological polar surface area (TPSA) is 0 Å². The quantitative estimate of drug-likeness (QED) is 0.450. The van der Waals surface area contributed by atoms with E-state index in [1.54, 1.807) is 0 Å². The van der Waals surface area contributed by atoms with Crippen LogP contribution in [0.3, 0.4) is 0 Å². The van der Waals surface area contributed by atoms with Crippen molar-refractivity contribution < 1.29 is 21.7 Å². The summed E-state index contributed by atoms with van der Waals surface area (Å²) in [7, 11) is 0. The van der Waals surface area contributed by atoms with Gasteiger partial charge < -0.3 is 0 Å². The predicted octanol–water partition coefficient (Wildman–Crippen LogP) is 3.56. The largest absolute Gasteiger partial charge is 0.269 e. The van der Waals surface area contributed by atoms with Crippen LogP contribution in [0.1, 0.15) is 27.2 Å². The number of hydrogen-bond acceptors (Lipinski definition) is 0. The molecule has 3 heteroatoms. The second-order valence-corrected chi connectivity index (χ2v) is 3.45. The van der Waals surface area contributed by atoms with Crippen molar-refractivity contribution in [3.8, 4) is 0 Å². The van der Waals surface area contributed by atoms with Gasteiger partial charge in [0.05, 0.1) is 0 Å². The van der Waals surface area contributed by atoms with Gasteiger partial charge in [-0.05, 0) is 5.41 Å². The molecular formula is C9H15Cl2Ti-. The number of halogens is 2. The van der Waals surface area contributed by atoms with Crippen molar-refractivity contribution in [3.05, 3.63) is 23.8 Å². The molecule has 70 valence electrons. The van der Waals surface area contributed by atoms with Crippen LogP contribution < -0.4 is 0 Å². The molecule has 1 aliphatic rings. The molecule has 0 atom stereocenters. The zero-order chi connectivity index (χ0) is 6.91. The molecule has 0 saturated heterocycles. The van der Waals surface area contributed by atoms with Gasteiger partial charge in [-0.2, -0.15) is 6.08 Å². The molecule has 0 unspecified atom stereocenters. The van der Waals surface area contributed by atoms with Crippen molar-refractivity contribution in [3.63, 3.8) is 0 Å². The first-order valence-electron chi connectivity index (χ1n) is 3.38. The third-order valence-corrected chi connectivity index (χ3v) is 1.50. The van der Waals surface area contributed by atoms with Crippen LogP contribution in [0, 0.1) is 11.5 Å². The standard InChI is InChI=1S/C9H13.2ClH.Ti/c1-9(2,3)8-6-4-5-7-8;;;/h4,6H,5H2,1-3H3;2*1H;/q-1;;;. The normalized spacial score (nSPS) is 13.8. The predicted molar refractivity (Wildman–Crippen MR) is 54.5 cm³/mol. The van der Waals surface area contributed by atoms with Gasteiger partial charge in [0.2, 0.25) is 0 Å². The molecular weight excluding hydrogens is 227 g/mol. The van der Waals surface area contributed by atoms with Crippen LogP contribution in [0.2, 0.25) is 0 Å². The molecule has 0 aromatic rings. The van der Waals surface area contributed by atoms with Gasteiger partial charge in [-0.1, -0.05) is 20.8 Å². The molecule has 0 saturated carbocycles. The average Bonchev–Trinajstić information content (AvgIpc) is 2.08.